The highest BCUT2D eigenvalue weighted by atomic mass is 19.1. The zero-order chi connectivity index (χ0) is 13.8. The Balaban J connectivity index is 2.06. The van der Waals surface area contributed by atoms with Crippen LogP contribution in [0, 0.1) is 5.82 Å². The molecule has 0 saturated carbocycles. The third kappa shape index (κ3) is 3.33. The zero-order valence-corrected chi connectivity index (χ0v) is 10.2. The maximum absolute atomic E-state index is 13.6. The van der Waals surface area contributed by atoms with Gasteiger partial charge in [-0.15, -0.1) is 0 Å². The van der Waals surface area contributed by atoms with Crippen LogP contribution in [0.15, 0.2) is 12.1 Å². The average molecular weight is 270 g/mol. The van der Waals surface area contributed by atoms with Crippen LogP contribution in [0.1, 0.15) is 10.4 Å². The zero-order valence-electron chi connectivity index (χ0n) is 10.2. The minimum Gasteiger partial charge on any atom is -0.478 e. The minimum absolute atomic E-state index is 0.0840. The molecule has 104 valence electrons. The Morgan fingerprint density at radius 1 is 1.53 bits per heavy atom. The minimum atomic E-state index is -1.20. The van der Waals surface area contributed by atoms with Gasteiger partial charge in [-0.2, -0.15) is 0 Å². The lowest BCUT2D eigenvalue weighted by atomic mass is 10.1. The number of carbonyl (C=O) groups is 1. The van der Waals surface area contributed by atoms with Crippen molar-refractivity contribution in [3.05, 3.63) is 23.5 Å². The molecule has 0 radical (unpaired) electrons. The van der Waals surface area contributed by atoms with Crippen LogP contribution in [0.4, 0.5) is 15.8 Å². The fourth-order valence-electron chi connectivity index (χ4n) is 1.79. The Labute approximate surface area is 109 Å². The monoisotopic (exact) mass is 270 g/mol. The second-order valence-electron chi connectivity index (χ2n) is 4.17. The lowest BCUT2D eigenvalue weighted by Gasteiger charge is -2.23. The molecule has 0 spiro atoms. The number of rotatable bonds is 4. The molecule has 0 aromatic heterocycles. The second kappa shape index (κ2) is 5.85. The van der Waals surface area contributed by atoms with Gasteiger partial charge in [-0.05, 0) is 12.1 Å². The lowest BCUT2D eigenvalue weighted by molar-refractivity contribution is -0.0819. The Bertz CT molecular complexity index is 475. The van der Waals surface area contributed by atoms with Crippen molar-refractivity contribution in [2.24, 2.45) is 0 Å². The first-order chi connectivity index (χ1) is 9.08. The number of ether oxygens (including phenoxy) is 2. The Morgan fingerprint density at radius 2 is 2.32 bits per heavy atom. The SMILES string of the molecule is Nc1cc(F)c(NCC2COCCO2)cc1C(=O)O. The molecule has 1 unspecified atom stereocenters. The molecular weight excluding hydrogens is 255 g/mol. The van der Waals surface area contributed by atoms with Crippen molar-refractivity contribution in [2.45, 2.75) is 6.10 Å². The van der Waals surface area contributed by atoms with E-state index in [4.69, 9.17) is 20.3 Å². The van der Waals surface area contributed by atoms with Crippen molar-refractivity contribution in [3.8, 4) is 0 Å². The summed E-state index contributed by atoms with van der Waals surface area (Å²) in [6, 6.07) is 2.17. The summed E-state index contributed by atoms with van der Waals surface area (Å²) in [7, 11) is 0. The van der Waals surface area contributed by atoms with Gasteiger partial charge in [0, 0.05) is 12.2 Å². The molecular formula is C12H15FN2O4. The van der Waals surface area contributed by atoms with Crippen LogP contribution in [-0.4, -0.2) is 43.5 Å². The van der Waals surface area contributed by atoms with Gasteiger partial charge in [0.25, 0.3) is 0 Å². The highest BCUT2D eigenvalue weighted by molar-refractivity contribution is 5.94. The summed E-state index contributed by atoms with van der Waals surface area (Å²) in [6.07, 6.45) is -0.181. The molecule has 1 atom stereocenters. The molecule has 7 heteroatoms. The third-order valence-electron chi connectivity index (χ3n) is 2.77. The van der Waals surface area contributed by atoms with E-state index in [1.54, 1.807) is 0 Å². The maximum Gasteiger partial charge on any atom is 0.337 e. The largest absolute Gasteiger partial charge is 0.478 e. The molecule has 0 amide bonds. The summed E-state index contributed by atoms with van der Waals surface area (Å²) >= 11 is 0. The first-order valence-corrected chi connectivity index (χ1v) is 5.83. The average Bonchev–Trinajstić information content (AvgIpc) is 2.38. The van der Waals surface area contributed by atoms with Gasteiger partial charge in [0.2, 0.25) is 0 Å². The Morgan fingerprint density at radius 3 is 2.95 bits per heavy atom. The number of halogens is 1. The topological polar surface area (TPSA) is 93.8 Å². The smallest absolute Gasteiger partial charge is 0.337 e. The van der Waals surface area contributed by atoms with Crippen molar-refractivity contribution in [3.63, 3.8) is 0 Å². The van der Waals surface area contributed by atoms with Gasteiger partial charge >= 0.3 is 5.97 Å². The van der Waals surface area contributed by atoms with Crippen LogP contribution >= 0.6 is 0 Å². The molecule has 6 nitrogen and oxygen atoms in total. The number of nitrogens with two attached hydrogens (primary N) is 1. The van der Waals surface area contributed by atoms with Gasteiger partial charge in [0.1, 0.15) is 5.82 Å². The number of nitrogen functional groups attached to an aromatic ring is 1. The van der Waals surface area contributed by atoms with E-state index in [0.29, 0.717) is 26.4 Å². The Kier molecular flexibility index (Phi) is 4.18. The summed E-state index contributed by atoms with van der Waals surface area (Å²) < 4.78 is 24.2. The summed E-state index contributed by atoms with van der Waals surface area (Å²) in [6.45, 7) is 1.81. The number of hydrogen-bond acceptors (Lipinski definition) is 5. The Hall–Kier alpha value is -1.86. The van der Waals surface area contributed by atoms with Gasteiger partial charge < -0.3 is 25.6 Å². The van der Waals surface area contributed by atoms with Crippen molar-refractivity contribution in [1.82, 2.24) is 0 Å². The predicted molar refractivity (Wildman–Crippen MR) is 66.8 cm³/mol. The number of carboxylic acids is 1. The van der Waals surface area contributed by atoms with E-state index in [9.17, 15) is 9.18 Å². The molecule has 1 fully saturated rings. The molecule has 1 saturated heterocycles. The molecule has 0 bridgehead atoms. The maximum atomic E-state index is 13.6. The normalized spacial score (nSPS) is 19.1. The molecule has 1 aliphatic rings. The number of anilines is 2. The third-order valence-corrected chi connectivity index (χ3v) is 2.77. The van der Waals surface area contributed by atoms with Gasteiger partial charge in [-0.25, -0.2) is 9.18 Å². The van der Waals surface area contributed by atoms with Crippen molar-refractivity contribution < 1.29 is 23.8 Å². The summed E-state index contributed by atoms with van der Waals surface area (Å²) in [5.74, 6) is -1.79. The van der Waals surface area contributed by atoms with Gasteiger partial charge in [-0.1, -0.05) is 0 Å². The number of nitrogens with one attached hydrogen (secondary N) is 1. The first kappa shape index (κ1) is 13.6. The fourth-order valence-corrected chi connectivity index (χ4v) is 1.79. The van der Waals surface area contributed by atoms with E-state index >= 15 is 0 Å². The number of aromatic carboxylic acids is 1. The van der Waals surface area contributed by atoms with E-state index < -0.39 is 11.8 Å². The van der Waals surface area contributed by atoms with Crippen LogP contribution in [-0.2, 0) is 9.47 Å². The van der Waals surface area contributed by atoms with E-state index in [1.165, 1.54) is 6.07 Å². The van der Waals surface area contributed by atoms with E-state index in [2.05, 4.69) is 5.32 Å². The van der Waals surface area contributed by atoms with Gasteiger partial charge in [0.15, 0.2) is 0 Å². The van der Waals surface area contributed by atoms with Crippen molar-refractivity contribution in [1.29, 1.82) is 0 Å². The second-order valence-corrected chi connectivity index (χ2v) is 4.17. The van der Waals surface area contributed by atoms with Gasteiger partial charge in [-0.3, -0.25) is 0 Å². The highest BCUT2D eigenvalue weighted by Gasteiger charge is 2.17. The summed E-state index contributed by atoms with van der Waals surface area (Å²) in [5.41, 5.74) is 5.28. The van der Waals surface area contributed by atoms with Crippen molar-refractivity contribution in [2.75, 3.05) is 37.4 Å². The molecule has 2 rings (SSSR count). The number of carboxylic acid groups (broad SMARTS) is 1. The molecule has 4 N–H and O–H groups in total. The highest BCUT2D eigenvalue weighted by Crippen LogP contribution is 2.22. The lowest BCUT2D eigenvalue weighted by Crippen LogP contribution is -2.34. The van der Waals surface area contributed by atoms with Crippen LogP contribution in [0.5, 0.6) is 0 Å². The van der Waals surface area contributed by atoms with Crippen LogP contribution in [0.2, 0.25) is 0 Å². The molecule has 1 aromatic carbocycles. The van der Waals surface area contributed by atoms with Crippen molar-refractivity contribution >= 4 is 17.3 Å². The summed E-state index contributed by atoms with van der Waals surface area (Å²) in [4.78, 5) is 10.9. The first-order valence-electron chi connectivity index (χ1n) is 5.83. The summed E-state index contributed by atoms with van der Waals surface area (Å²) in [5, 5.41) is 11.7. The molecule has 1 aromatic rings. The van der Waals surface area contributed by atoms with Gasteiger partial charge in [0.05, 0.1) is 37.2 Å². The molecule has 1 aliphatic heterocycles. The number of benzene rings is 1. The van der Waals surface area contributed by atoms with E-state index in [-0.39, 0.29) is 23.0 Å². The van der Waals surface area contributed by atoms with Crippen LogP contribution in [0.3, 0.4) is 0 Å². The van der Waals surface area contributed by atoms with Crippen LogP contribution in [0.25, 0.3) is 0 Å². The number of hydrogen-bond donors (Lipinski definition) is 3. The molecule has 1 heterocycles. The van der Waals surface area contributed by atoms with E-state index in [1.807, 2.05) is 0 Å². The quantitative estimate of drug-likeness (QED) is 0.705. The van der Waals surface area contributed by atoms with Crippen LogP contribution < -0.4 is 11.1 Å². The predicted octanol–water partition coefficient (Wildman–Crippen LogP) is 0.933. The molecule has 19 heavy (non-hydrogen) atoms. The molecule has 0 aliphatic carbocycles. The standard InChI is InChI=1S/C12H15FN2O4/c13-9-4-10(14)8(12(16)17)3-11(9)15-5-7-6-18-1-2-19-7/h3-4,7,15H,1-2,5-6,14H2,(H,16,17). The fraction of sp³-hybridized carbons (Fsp3) is 0.417. The van der Waals surface area contributed by atoms with E-state index in [0.717, 1.165) is 6.07 Å².